The van der Waals surface area contributed by atoms with E-state index in [4.69, 9.17) is 10.00 Å². The van der Waals surface area contributed by atoms with Crippen molar-refractivity contribution >= 4 is 11.4 Å². The van der Waals surface area contributed by atoms with E-state index in [1.165, 1.54) is 6.07 Å². The number of rotatable bonds is 4. The van der Waals surface area contributed by atoms with E-state index in [9.17, 15) is 10.1 Å². The van der Waals surface area contributed by atoms with Crippen molar-refractivity contribution in [2.45, 2.75) is 25.4 Å². The normalized spacial score (nSPS) is 21.9. The summed E-state index contributed by atoms with van der Waals surface area (Å²) in [6, 6.07) is 6.30. The minimum absolute atomic E-state index is 0.0827. The lowest BCUT2D eigenvalue weighted by Gasteiger charge is -2.23. The van der Waals surface area contributed by atoms with Crippen molar-refractivity contribution in [2.24, 2.45) is 0 Å². The van der Waals surface area contributed by atoms with E-state index in [2.05, 4.69) is 5.32 Å². The first kappa shape index (κ1) is 13.3. The summed E-state index contributed by atoms with van der Waals surface area (Å²) in [6.07, 6.45) is 1.94. The maximum Gasteiger partial charge on any atom is 0.293 e. The number of ether oxygens (including phenoxy) is 1. The molecule has 0 radical (unpaired) electrons. The summed E-state index contributed by atoms with van der Waals surface area (Å²) in [5.74, 6) is 0. The van der Waals surface area contributed by atoms with E-state index in [1.807, 2.05) is 13.0 Å². The first-order valence-corrected chi connectivity index (χ1v) is 6.10. The topological polar surface area (TPSA) is 88.2 Å². The van der Waals surface area contributed by atoms with Gasteiger partial charge in [-0.3, -0.25) is 10.1 Å². The molecule has 0 aliphatic carbocycles. The summed E-state index contributed by atoms with van der Waals surface area (Å²) in [5.41, 5.74) is 0.337. The zero-order valence-electron chi connectivity index (χ0n) is 10.7. The van der Waals surface area contributed by atoms with Gasteiger partial charge in [0.05, 0.1) is 22.2 Å². The number of benzene rings is 1. The van der Waals surface area contributed by atoms with Gasteiger partial charge >= 0.3 is 0 Å². The minimum atomic E-state index is -0.485. The van der Waals surface area contributed by atoms with E-state index < -0.39 is 4.92 Å². The predicted octanol–water partition coefficient (Wildman–Crippen LogP) is 2.45. The quantitative estimate of drug-likeness (QED) is 0.664. The average Bonchev–Trinajstić information content (AvgIpc) is 2.83. The average molecular weight is 261 g/mol. The predicted molar refractivity (Wildman–Crippen MR) is 69.9 cm³/mol. The first-order valence-electron chi connectivity index (χ1n) is 6.10. The molecule has 0 spiro atoms. The monoisotopic (exact) mass is 261 g/mol. The number of hydrogen-bond acceptors (Lipinski definition) is 5. The molecule has 0 aromatic heterocycles. The standard InChI is InChI=1S/C13H15N3O3/c1-13(5-2-6-19-13)9-15-11-4-3-10(8-14)7-12(11)16(17)18/h3-4,7,15H,2,5-6,9H2,1H3. The second-order valence-corrected chi connectivity index (χ2v) is 4.86. The minimum Gasteiger partial charge on any atom is -0.377 e. The molecule has 1 atom stereocenters. The molecule has 6 nitrogen and oxygen atoms in total. The Balaban J connectivity index is 2.16. The molecule has 1 heterocycles. The van der Waals surface area contributed by atoms with Gasteiger partial charge in [0, 0.05) is 19.2 Å². The van der Waals surface area contributed by atoms with Crippen molar-refractivity contribution in [3.05, 3.63) is 33.9 Å². The molecule has 1 N–H and O–H groups in total. The third kappa shape index (κ3) is 3.01. The van der Waals surface area contributed by atoms with Gasteiger partial charge in [-0.1, -0.05) is 0 Å². The molecule has 19 heavy (non-hydrogen) atoms. The van der Waals surface area contributed by atoms with Gasteiger partial charge in [-0.05, 0) is 31.9 Å². The van der Waals surface area contributed by atoms with Gasteiger partial charge in [0.2, 0.25) is 0 Å². The van der Waals surface area contributed by atoms with Crippen molar-refractivity contribution in [1.82, 2.24) is 0 Å². The number of hydrogen-bond donors (Lipinski definition) is 1. The fourth-order valence-electron chi connectivity index (χ4n) is 2.16. The molecule has 0 amide bonds. The number of nitriles is 1. The molecule has 0 saturated carbocycles. The Kier molecular flexibility index (Phi) is 3.67. The largest absolute Gasteiger partial charge is 0.377 e. The van der Waals surface area contributed by atoms with Gasteiger partial charge < -0.3 is 10.1 Å². The van der Waals surface area contributed by atoms with Crippen LogP contribution in [0, 0.1) is 21.4 Å². The first-order chi connectivity index (χ1) is 9.04. The Bertz CT molecular complexity index is 530. The Morgan fingerprint density at radius 1 is 1.63 bits per heavy atom. The second-order valence-electron chi connectivity index (χ2n) is 4.86. The highest BCUT2D eigenvalue weighted by Gasteiger charge is 2.30. The molecule has 1 aliphatic rings. The van der Waals surface area contributed by atoms with Gasteiger partial charge in [0.1, 0.15) is 5.69 Å². The van der Waals surface area contributed by atoms with Crippen molar-refractivity contribution in [3.8, 4) is 6.07 Å². The molecular weight excluding hydrogens is 246 g/mol. The van der Waals surface area contributed by atoms with E-state index >= 15 is 0 Å². The molecule has 1 fully saturated rings. The highest BCUT2D eigenvalue weighted by molar-refractivity contribution is 5.64. The van der Waals surface area contributed by atoms with Crippen LogP contribution in [0.3, 0.4) is 0 Å². The Hall–Kier alpha value is -2.13. The van der Waals surface area contributed by atoms with Crippen LogP contribution in [0.4, 0.5) is 11.4 Å². The molecule has 2 rings (SSSR count). The lowest BCUT2D eigenvalue weighted by atomic mass is 10.0. The summed E-state index contributed by atoms with van der Waals surface area (Å²) in [4.78, 5) is 10.5. The maximum absolute atomic E-state index is 11.0. The van der Waals surface area contributed by atoms with Crippen LogP contribution < -0.4 is 5.32 Å². The van der Waals surface area contributed by atoms with E-state index in [0.717, 1.165) is 19.4 Å². The highest BCUT2D eigenvalue weighted by atomic mass is 16.6. The molecule has 1 aliphatic heterocycles. The van der Waals surface area contributed by atoms with Gasteiger partial charge in [-0.2, -0.15) is 5.26 Å². The van der Waals surface area contributed by atoms with Crippen LogP contribution in [-0.4, -0.2) is 23.7 Å². The fraction of sp³-hybridized carbons (Fsp3) is 0.462. The molecule has 100 valence electrons. The van der Waals surface area contributed by atoms with Crippen LogP contribution in [0.1, 0.15) is 25.3 Å². The number of nitro groups is 1. The van der Waals surface area contributed by atoms with Gasteiger partial charge in [0.25, 0.3) is 5.69 Å². The fourth-order valence-corrected chi connectivity index (χ4v) is 2.16. The van der Waals surface area contributed by atoms with Gasteiger partial charge in [-0.25, -0.2) is 0 Å². The molecule has 0 bridgehead atoms. The number of nitrogens with one attached hydrogen (secondary N) is 1. The van der Waals surface area contributed by atoms with Crippen LogP contribution in [0.25, 0.3) is 0 Å². The van der Waals surface area contributed by atoms with Gasteiger partial charge in [-0.15, -0.1) is 0 Å². The Morgan fingerprint density at radius 3 is 3.00 bits per heavy atom. The van der Waals surface area contributed by atoms with Crippen LogP contribution in [-0.2, 0) is 4.74 Å². The zero-order valence-corrected chi connectivity index (χ0v) is 10.7. The number of nitrogens with zero attached hydrogens (tertiary/aromatic N) is 2. The zero-order chi connectivity index (χ0) is 13.9. The molecule has 1 aromatic rings. The number of nitro benzene ring substituents is 1. The van der Waals surface area contributed by atoms with Crippen molar-refractivity contribution in [3.63, 3.8) is 0 Å². The van der Waals surface area contributed by atoms with Crippen LogP contribution >= 0.6 is 0 Å². The third-order valence-corrected chi connectivity index (χ3v) is 3.28. The molecule has 1 unspecified atom stereocenters. The van der Waals surface area contributed by atoms with Crippen molar-refractivity contribution in [2.75, 3.05) is 18.5 Å². The summed E-state index contributed by atoms with van der Waals surface area (Å²) < 4.78 is 5.62. The SMILES string of the molecule is CC1(CNc2ccc(C#N)cc2[N+](=O)[O-])CCCO1. The highest BCUT2D eigenvalue weighted by Crippen LogP contribution is 2.29. The van der Waals surface area contributed by atoms with E-state index in [-0.39, 0.29) is 16.9 Å². The van der Waals surface area contributed by atoms with Crippen molar-refractivity contribution < 1.29 is 9.66 Å². The smallest absolute Gasteiger partial charge is 0.293 e. The summed E-state index contributed by atoms with van der Waals surface area (Å²) in [6.45, 7) is 3.23. The van der Waals surface area contributed by atoms with E-state index in [1.54, 1.807) is 12.1 Å². The summed E-state index contributed by atoms with van der Waals surface area (Å²) >= 11 is 0. The van der Waals surface area contributed by atoms with E-state index in [0.29, 0.717) is 12.2 Å². The summed E-state index contributed by atoms with van der Waals surface area (Å²) in [5, 5.41) is 22.8. The molecule has 6 heteroatoms. The lowest BCUT2D eigenvalue weighted by molar-refractivity contribution is -0.384. The molecular formula is C13H15N3O3. The van der Waals surface area contributed by atoms with Crippen LogP contribution in [0.2, 0.25) is 0 Å². The Labute approximate surface area is 111 Å². The molecule has 1 aromatic carbocycles. The maximum atomic E-state index is 11.0. The third-order valence-electron chi connectivity index (χ3n) is 3.28. The summed E-state index contributed by atoms with van der Waals surface area (Å²) in [7, 11) is 0. The molecule has 1 saturated heterocycles. The lowest BCUT2D eigenvalue weighted by Crippen LogP contribution is -2.32. The second kappa shape index (κ2) is 5.24. The van der Waals surface area contributed by atoms with Crippen LogP contribution in [0.15, 0.2) is 18.2 Å². The number of anilines is 1. The van der Waals surface area contributed by atoms with Gasteiger partial charge in [0.15, 0.2) is 0 Å². The van der Waals surface area contributed by atoms with Crippen LogP contribution in [0.5, 0.6) is 0 Å². The Morgan fingerprint density at radius 2 is 2.42 bits per heavy atom. The van der Waals surface area contributed by atoms with Crippen molar-refractivity contribution in [1.29, 1.82) is 5.26 Å².